The van der Waals surface area contributed by atoms with Crippen molar-refractivity contribution in [1.29, 1.82) is 0 Å². The summed E-state index contributed by atoms with van der Waals surface area (Å²) in [6.45, 7) is 2.17. The Morgan fingerprint density at radius 2 is 1.66 bits per heavy atom. The number of nitrogens with one attached hydrogen (secondary N) is 2. The second-order valence-corrected chi connectivity index (χ2v) is 6.58. The van der Waals surface area contributed by atoms with Crippen molar-refractivity contribution in [3.8, 4) is 0 Å². The lowest BCUT2D eigenvalue weighted by Gasteiger charge is -2.12. The van der Waals surface area contributed by atoms with Crippen LogP contribution in [0.4, 0.5) is 16.2 Å². The van der Waals surface area contributed by atoms with Crippen molar-refractivity contribution < 1.29 is 23.9 Å². The molecule has 2 N–H and O–H groups in total. The lowest BCUT2D eigenvalue weighted by Crippen LogP contribution is -2.31. The number of hydrogen-bond acceptors (Lipinski definition) is 5. The minimum Gasteiger partial charge on any atom is -0.385 e. The van der Waals surface area contributed by atoms with Crippen molar-refractivity contribution in [2.24, 2.45) is 0 Å². The van der Waals surface area contributed by atoms with Crippen LogP contribution in [0.3, 0.4) is 0 Å². The molecule has 150 valence electrons. The van der Waals surface area contributed by atoms with Crippen LogP contribution >= 0.6 is 0 Å². The molecular formula is C21H21N3O5. The molecule has 2 aromatic rings. The van der Waals surface area contributed by atoms with E-state index in [9.17, 15) is 19.2 Å². The fourth-order valence-corrected chi connectivity index (χ4v) is 3.05. The molecule has 0 aliphatic carbocycles. The fraction of sp³-hybridized carbons (Fsp3) is 0.238. The van der Waals surface area contributed by atoms with Gasteiger partial charge in [0.05, 0.1) is 11.1 Å². The molecule has 3 rings (SSSR count). The van der Waals surface area contributed by atoms with E-state index in [1.54, 1.807) is 37.4 Å². The Hall–Kier alpha value is -3.52. The summed E-state index contributed by atoms with van der Waals surface area (Å²) in [6.07, 6.45) is 0.550. The minimum absolute atomic E-state index is 0.106. The molecule has 0 bridgehead atoms. The number of carbonyl (C=O) groups excluding carboxylic acids is 4. The zero-order valence-electron chi connectivity index (χ0n) is 16.2. The Morgan fingerprint density at radius 3 is 2.34 bits per heavy atom. The summed E-state index contributed by atoms with van der Waals surface area (Å²) < 4.78 is 4.96. The summed E-state index contributed by atoms with van der Waals surface area (Å²) in [6, 6.07) is 10.6. The molecular weight excluding hydrogens is 374 g/mol. The number of ether oxygens (including phenoxy) is 1. The number of nitrogens with zero attached hydrogens (tertiary/aromatic N) is 1. The average Bonchev–Trinajstić information content (AvgIpc) is 2.92. The lowest BCUT2D eigenvalue weighted by atomic mass is 10.1. The van der Waals surface area contributed by atoms with Crippen molar-refractivity contribution in [3.05, 3.63) is 59.2 Å². The number of anilines is 2. The number of rotatable bonds is 7. The van der Waals surface area contributed by atoms with E-state index in [-0.39, 0.29) is 29.7 Å². The maximum Gasteiger partial charge on any atom is 0.323 e. The van der Waals surface area contributed by atoms with E-state index in [2.05, 4.69) is 10.6 Å². The lowest BCUT2D eigenvalue weighted by molar-refractivity contribution is 0.0638. The molecule has 2 aromatic carbocycles. The van der Waals surface area contributed by atoms with E-state index in [1.165, 1.54) is 24.0 Å². The molecule has 0 saturated carbocycles. The van der Waals surface area contributed by atoms with Crippen LogP contribution < -0.4 is 10.6 Å². The fourth-order valence-electron chi connectivity index (χ4n) is 3.05. The van der Waals surface area contributed by atoms with Gasteiger partial charge in [0.2, 0.25) is 0 Å². The zero-order chi connectivity index (χ0) is 21.0. The van der Waals surface area contributed by atoms with Crippen molar-refractivity contribution >= 4 is 35.0 Å². The minimum atomic E-state index is -0.528. The second-order valence-electron chi connectivity index (χ2n) is 6.58. The van der Waals surface area contributed by atoms with Gasteiger partial charge in [0.1, 0.15) is 0 Å². The number of imide groups is 1. The number of benzene rings is 2. The highest BCUT2D eigenvalue weighted by atomic mass is 16.5. The molecule has 8 nitrogen and oxygen atoms in total. The predicted octanol–water partition coefficient (Wildman–Crippen LogP) is 3.17. The Bertz CT molecular complexity index is 986. The topological polar surface area (TPSA) is 105 Å². The standard InChI is InChI=1S/C21H21N3O5/c1-13(25)14-5-3-6-15(11-14)22-21(28)23-16-7-8-17-18(12-16)20(27)24(19(17)26)9-4-10-29-2/h3,5-8,11-12H,4,9-10H2,1-2H3,(H2,22,23,28). The molecule has 0 saturated heterocycles. The monoisotopic (exact) mass is 395 g/mol. The zero-order valence-corrected chi connectivity index (χ0v) is 16.2. The highest BCUT2D eigenvalue weighted by molar-refractivity contribution is 6.22. The third kappa shape index (κ3) is 4.49. The Labute approximate surface area is 167 Å². The molecule has 8 heteroatoms. The molecule has 0 atom stereocenters. The van der Waals surface area contributed by atoms with Crippen LogP contribution in [-0.2, 0) is 4.74 Å². The van der Waals surface area contributed by atoms with Gasteiger partial charge in [0.15, 0.2) is 5.78 Å². The number of urea groups is 1. The number of methoxy groups -OCH3 is 1. The van der Waals surface area contributed by atoms with Crippen LogP contribution in [0, 0.1) is 0 Å². The van der Waals surface area contributed by atoms with Gasteiger partial charge in [-0.05, 0) is 43.7 Å². The van der Waals surface area contributed by atoms with Crippen LogP contribution in [0.2, 0.25) is 0 Å². The van der Waals surface area contributed by atoms with E-state index >= 15 is 0 Å². The maximum atomic E-state index is 12.5. The van der Waals surface area contributed by atoms with Gasteiger partial charge in [-0.25, -0.2) is 4.79 Å². The van der Waals surface area contributed by atoms with E-state index < -0.39 is 6.03 Å². The number of carbonyl (C=O) groups is 4. The summed E-state index contributed by atoms with van der Waals surface area (Å²) in [5.74, 6) is -0.844. The summed E-state index contributed by atoms with van der Waals surface area (Å²) in [5.41, 5.74) is 1.89. The maximum absolute atomic E-state index is 12.5. The second kappa shape index (κ2) is 8.66. The smallest absolute Gasteiger partial charge is 0.323 e. The first-order chi connectivity index (χ1) is 13.9. The first kappa shape index (κ1) is 20.2. The number of Topliss-reactive ketones (excluding diaryl/α,β-unsaturated/α-hetero) is 1. The number of amides is 4. The van der Waals surface area contributed by atoms with Crippen LogP contribution in [0.15, 0.2) is 42.5 Å². The first-order valence-corrected chi connectivity index (χ1v) is 9.09. The largest absolute Gasteiger partial charge is 0.385 e. The first-order valence-electron chi connectivity index (χ1n) is 9.09. The molecule has 1 aliphatic heterocycles. The van der Waals surface area contributed by atoms with E-state index in [0.717, 1.165) is 0 Å². The van der Waals surface area contributed by atoms with Crippen LogP contribution in [0.25, 0.3) is 0 Å². The van der Waals surface area contributed by atoms with Gasteiger partial charge in [0, 0.05) is 37.2 Å². The average molecular weight is 395 g/mol. The van der Waals surface area contributed by atoms with Crippen LogP contribution in [0.5, 0.6) is 0 Å². The third-order valence-electron chi connectivity index (χ3n) is 4.49. The summed E-state index contributed by atoms with van der Waals surface area (Å²) >= 11 is 0. The Balaban J connectivity index is 1.69. The van der Waals surface area contributed by atoms with Gasteiger partial charge in [-0.15, -0.1) is 0 Å². The molecule has 0 unspecified atom stereocenters. The van der Waals surface area contributed by atoms with Crippen molar-refractivity contribution in [2.45, 2.75) is 13.3 Å². The van der Waals surface area contributed by atoms with Crippen LogP contribution in [0.1, 0.15) is 44.4 Å². The molecule has 29 heavy (non-hydrogen) atoms. The van der Waals surface area contributed by atoms with E-state index in [4.69, 9.17) is 4.74 Å². The van der Waals surface area contributed by atoms with Gasteiger partial charge in [-0.2, -0.15) is 0 Å². The molecule has 0 spiro atoms. The number of fused-ring (bicyclic) bond motifs is 1. The summed E-state index contributed by atoms with van der Waals surface area (Å²) in [5, 5.41) is 5.27. The van der Waals surface area contributed by atoms with Gasteiger partial charge in [-0.1, -0.05) is 12.1 Å². The summed E-state index contributed by atoms with van der Waals surface area (Å²) in [4.78, 5) is 49.8. The van der Waals surface area contributed by atoms with Gasteiger partial charge in [-0.3, -0.25) is 19.3 Å². The molecule has 0 aromatic heterocycles. The number of ketones is 1. The van der Waals surface area contributed by atoms with Crippen molar-refractivity contribution in [3.63, 3.8) is 0 Å². The van der Waals surface area contributed by atoms with Gasteiger partial charge in [0.25, 0.3) is 11.8 Å². The molecule has 4 amide bonds. The molecule has 0 radical (unpaired) electrons. The number of hydrogen-bond donors (Lipinski definition) is 2. The quantitative estimate of drug-likeness (QED) is 0.426. The van der Waals surface area contributed by atoms with Gasteiger partial charge < -0.3 is 15.4 Å². The van der Waals surface area contributed by atoms with E-state index in [1.807, 2.05) is 0 Å². The van der Waals surface area contributed by atoms with E-state index in [0.29, 0.717) is 35.5 Å². The summed E-state index contributed by atoms with van der Waals surface area (Å²) in [7, 11) is 1.56. The Kier molecular flexibility index (Phi) is 6.04. The van der Waals surface area contributed by atoms with Gasteiger partial charge >= 0.3 is 6.03 Å². The van der Waals surface area contributed by atoms with Crippen molar-refractivity contribution in [2.75, 3.05) is 30.9 Å². The van der Waals surface area contributed by atoms with Crippen LogP contribution in [-0.4, -0.2) is 48.8 Å². The normalized spacial score (nSPS) is 12.7. The molecule has 0 fully saturated rings. The molecule has 1 heterocycles. The Morgan fingerprint density at radius 1 is 0.966 bits per heavy atom. The third-order valence-corrected chi connectivity index (χ3v) is 4.49. The SMILES string of the molecule is COCCCN1C(=O)c2ccc(NC(=O)Nc3cccc(C(C)=O)c3)cc2C1=O. The highest BCUT2D eigenvalue weighted by Crippen LogP contribution is 2.26. The predicted molar refractivity (Wildman–Crippen MR) is 107 cm³/mol. The highest BCUT2D eigenvalue weighted by Gasteiger charge is 2.35. The molecule has 1 aliphatic rings. The van der Waals surface area contributed by atoms with Crippen molar-refractivity contribution in [1.82, 2.24) is 4.90 Å².